The van der Waals surface area contributed by atoms with E-state index in [4.69, 9.17) is 4.52 Å². The molecule has 4 heterocycles. The van der Waals surface area contributed by atoms with Gasteiger partial charge in [0.25, 0.3) is 0 Å². The highest BCUT2D eigenvalue weighted by Crippen LogP contribution is 2.39. The Morgan fingerprint density at radius 2 is 1.92 bits per heavy atom. The lowest BCUT2D eigenvalue weighted by atomic mass is 10.2. The summed E-state index contributed by atoms with van der Waals surface area (Å²) in [5, 5.41) is 8.45. The molecule has 0 aliphatic heterocycles. The van der Waals surface area contributed by atoms with E-state index >= 15 is 0 Å². The summed E-state index contributed by atoms with van der Waals surface area (Å²) in [7, 11) is 0. The molecule has 0 unspecified atom stereocenters. The minimum Gasteiger partial charge on any atom is -0.339 e. The van der Waals surface area contributed by atoms with E-state index in [2.05, 4.69) is 25.2 Å². The predicted octanol–water partition coefficient (Wildman–Crippen LogP) is 3.26. The van der Waals surface area contributed by atoms with E-state index in [1.807, 2.05) is 36.5 Å². The molecule has 4 aromatic rings. The van der Waals surface area contributed by atoms with E-state index in [-0.39, 0.29) is 0 Å². The molecular weight excluding hydrogens is 316 g/mol. The van der Waals surface area contributed by atoms with E-state index in [0.717, 1.165) is 29.8 Å². The molecule has 0 spiro atoms. The molecule has 122 valence electrons. The third-order valence-corrected chi connectivity index (χ3v) is 4.14. The molecule has 1 aliphatic rings. The fourth-order valence-electron chi connectivity index (χ4n) is 2.64. The van der Waals surface area contributed by atoms with Crippen LogP contribution in [0.5, 0.6) is 0 Å². The van der Waals surface area contributed by atoms with Crippen LogP contribution in [0.2, 0.25) is 0 Å². The van der Waals surface area contributed by atoms with Crippen molar-refractivity contribution in [3.8, 4) is 28.5 Å². The molecule has 7 nitrogen and oxygen atoms in total. The maximum absolute atomic E-state index is 5.33. The van der Waals surface area contributed by atoms with Gasteiger partial charge in [-0.1, -0.05) is 11.2 Å². The van der Waals surface area contributed by atoms with E-state index in [9.17, 15) is 0 Å². The zero-order valence-corrected chi connectivity index (χ0v) is 13.3. The van der Waals surface area contributed by atoms with Crippen LogP contribution in [-0.2, 0) is 0 Å². The van der Waals surface area contributed by atoms with Gasteiger partial charge in [0, 0.05) is 23.9 Å². The third kappa shape index (κ3) is 2.69. The van der Waals surface area contributed by atoms with Gasteiger partial charge in [0.2, 0.25) is 11.7 Å². The second kappa shape index (κ2) is 5.62. The number of rotatable bonds is 4. The minimum absolute atomic E-state index is 0.433. The molecule has 1 aliphatic carbocycles. The smallest absolute Gasteiger partial charge is 0.230 e. The molecule has 0 aromatic carbocycles. The predicted molar refractivity (Wildman–Crippen MR) is 89.9 cm³/mol. The number of nitrogens with zero attached hydrogens (tertiary/aromatic N) is 6. The Morgan fingerprint density at radius 1 is 1.00 bits per heavy atom. The van der Waals surface area contributed by atoms with Crippen molar-refractivity contribution >= 4 is 0 Å². The van der Waals surface area contributed by atoms with Crippen LogP contribution < -0.4 is 0 Å². The Balaban J connectivity index is 1.47. The second-order valence-corrected chi connectivity index (χ2v) is 6.02. The monoisotopic (exact) mass is 330 g/mol. The SMILES string of the molecule is c1cncc(-n2cc(-c3cccc(-c4noc(C5CC5)n4)n3)cn2)c1. The Labute approximate surface area is 143 Å². The lowest BCUT2D eigenvalue weighted by molar-refractivity contribution is 0.380. The highest BCUT2D eigenvalue weighted by atomic mass is 16.5. The van der Waals surface area contributed by atoms with Crippen molar-refractivity contribution in [1.29, 1.82) is 0 Å². The Kier molecular flexibility index (Phi) is 3.16. The summed E-state index contributed by atoms with van der Waals surface area (Å²) in [6, 6.07) is 9.59. The molecule has 0 N–H and O–H groups in total. The first kappa shape index (κ1) is 14.0. The molecule has 0 radical (unpaired) electrons. The van der Waals surface area contributed by atoms with Gasteiger partial charge in [-0.05, 0) is 37.1 Å². The minimum atomic E-state index is 0.433. The Morgan fingerprint density at radius 3 is 2.76 bits per heavy atom. The van der Waals surface area contributed by atoms with E-state index in [1.165, 1.54) is 0 Å². The first-order valence-corrected chi connectivity index (χ1v) is 8.13. The zero-order chi connectivity index (χ0) is 16.6. The summed E-state index contributed by atoms with van der Waals surface area (Å²) < 4.78 is 7.10. The zero-order valence-electron chi connectivity index (χ0n) is 13.3. The van der Waals surface area contributed by atoms with E-state index < -0.39 is 0 Å². The molecule has 4 aromatic heterocycles. The van der Waals surface area contributed by atoms with E-state index in [0.29, 0.717) is 23.3 Å². The van der Waals surface area contributed by atoms with Gasteiger partial charge in [-0.2, -0.15) is 10.1 Å². The lowest BCUT2D eigenvalue weighted by Gasteiger charge is -2.00. The fraction of sp³-hybridized carbons (Fsp3) is 0.167. The maximum Gasteiger partial charge on any atom is 0.230 e. The first-order valence-electron chi connectivity index (χ1n) is 8.13. The summed E-state index contributed by atoms with van der Waals surface area (Å²) in [5.74, 6) is 1.68. The quantitative estimate of drug-likeness (QED) is 0.571. The number of hydrogen-bond acceptors (Lipinski definition) is 6. The van der Waals surface area contributed by atoms with Gasteiger partial charge in [-0.3, -0.25) is 4.98 Å². The van der Waals surface area contributed by atoms with Crippen LogP contribution in [0.3, 0.4) is 0 Å². The highest BCUT2D eigenvalue weighted by molar-refractivity contribution is 5.62. The van der Waals surface area contributed by atoms with Crippen molar-refractivity contribution in [1.82, 2.24) is 29.9 Å². The van der Waals surface area contributed by atoms with Gasteiger partial charge in [0.1, 0.15) is 5.69 Å². The summed E-state index contributed by atoms with van der Waals surface area (Å²) in [6.07, 6.45) is 9.46. The molecule has 0 saturated heterocycles. The van der Waals surface area contributed by atoms with Crippen LogP contribution in [0.1, 0.15) is 24.7 Å². The van der Waals surface area contributed by atoms with Crippen LogP contribution in [0.4, 0.5) is 0 Å². The van der Waals surface area contributed by atoms with Crippen molar-refractivity contribution in [2.75, 3.05) is 0 Å². The highest BCUT2D eigenvalue weighted by Gasteiger charge is 2.30. The summed E-state index contributed by atoms with van der Waals surface area (Å²) in [5.41, 5.74) is 3.32. The van der Waals surface area contributed by atoms with Crippen LogP contribution in [-0.4, -0.2) is 29.9 Å². The standard InChI is InChI=1S/C18H14N6O/c1-4-15(13-9-20-24(11-13)14-3-2-8-19-10-14)21-16(5-1)17-22-18(25-23-17)12-6-7-12/h1-5,8-12H,6-7H2. The second-order valence-electron chi connectivity index (χ2n) is 6.02. The Hall–Kier alpha value is -3.35. The van der Waals surface area contributed by atoms with Crippen molar-refractivity contribution < 1.29 is 4.52 Å². The molecule has 5 rings (SSSR count). The molecule has 1 fully saturated rings. The van der Waals surface area contributed by atoms with Crippen molar-refractivity contribution in [3.63, 3.8) is 0 Å². The van der Waals surface area contributed by atoms with Gasteiger partial charge in [-0.15, -0.1) is 0 Å². The molecular formula is C18H14N6O. The Bertz CT molecular complexity index is 1020. The topological polar surface area (TPSA) is 82.5 Å². The van der Waals surface area contributed by atoms with Crippen LogP contribution >= 0.6 is 0 Å². The van der Waals surface area contributed by atoms with E-state index in [1.54, 1.807) is 23.3 Å². The summed E-state index contributed by atoms with van der Waals surface area (Å²) >= 11 is 0. The van der Waals surface area contributed by atoms with Crippen molar-refractivity contribution in [2.45, 2.75) is 18.8 Å². The van der Waals surface area contributed by atoms with Crippen molar-refractivity contribution in [3.05, 3.63) is 61.0 Å². The van der Waals surface area contributed by atoms with Gasteiger partial charge in [-0.25, -0.2) is 9.67 Å². The van der Waals surface area contributed by atoms with Gasteiger partial charge in [0.05, 0.1) is 23.8 Å². The van der Waals surface area contributed by atoms with Gasteiger partial charge in [0.15, 0.2) is 0 Å². The van der Waals surface area contributed by atoms with Gasteiger partial charge < -0.3 is 4.52 Å². The number of pyridine rings is 2. The van der Waals surface area contributed by atoms with Crippen LogP contribution in [0.25, 0.3) is 28.5 Å². The lowest BCUT2D eigenvalue weighted by Crippen LogP contribution is -1.93. The largest absolute Gasteiger partial charge is 0.339 e. The van der Waals surface area contributed by atoms with Crippen LogP contribution in [0.15, 0.2) is 59.6 Å². The molecule has 0 bridgehead atoms. The van der Waals surface area contributed by atoms with Crippen LogP contribution in [0, 0.1) is 0 Å². The number of hydrogen-bond donors (Lipinski definition) is 0. The van der Waals surface area contributed by atoms with Crippen molar-refractivity contribution in [2.24, 2.45) is 0 Å². The third-order valence-electron chi connectivity index (χ3n) is 4.14. The average Bonchev–Trinajstić information content (AvgIpc) is 3.21. The fourth-order valence-corrected chi connectivity index (χ4v) is 2.64. The summed E-state index contributed by atoms with van der Waals surface area (Å²) in [4.78, 5) is 13.2. The maximum atomic E-state index is 5.33. The normalized spacial score (nSPS) is 13.9. The molecule has 7 heteroatoms. The summed E-state index contributed by atoms with van der Waals surface area (Å²) in [6.45, 7) is 0. The number of aromatic nitrogens is 6. The van der Waals surface area contributed by atoms with Gasteiger partial charge >= 0.3 is 0 Å². The molecule has 0 atom stereocenters. The molecule has 1 saturated carbocycles. The molecule has 0 amide bonds. The molecule has 25 heavy (non-hydrogen) atoms. The average molecular weight is 330 g/mol. The first-order chi connectivity index (χ1) is 12.4.